The number of rotatable bonds is 5. The first kappa shape index (κ1) is 22.7. The van der Waals surface area contributed by atoms with E-state index in [9.17, 15) is 14.9 Å². The molecule has 1 amide bonds. The second kappa shape index (κ2) is 8.27. The third-order valence-corrected chi connectivity index (χ3v) is 8.77. The van der Waals surface area contributed by atoms with Crippen molar-refractivity contribution >= 4 is 27.9 Å². The highest BCUT2D eigenvalue weighted by Gasteiger charge is 2.38. The number of furan rings is 1. The quantitative estimate of drug-likeness (QED) is 0.317. The molecular weight excluding hydrogens is 450 g/mol. The van der Waals surface area contributed by atoms with E-state index in [0.29, 0.717) is 23.0 Å². The first-order valence-electron chi connectivity index (χ1n) is 11.7. The SMILES string of the molecule is CCC(C)(C)[C@@H]1CCc2c(sc3c2C(=O)N[C@H](c2ccc(-c4ccc(C)cc4[N+](=O)[O-])o2)N3)C1. The number of nitrogens with zero attached hydrogens (tertiary/aromatic N) is 1. The average molecular weight is 480 g/mol. The second-order valence-electron chi connectivity index (χ2n) is 10.0. The maximum Gasteiger partial charge on any atom is 0.280 e. The van der Waals surface area contributed by atoms with Gasteiger partial charge in [-0.05, 0) is 66.8 Å². The van der Waals surface area contributed by atoms with Crippen LogP contribution in [0.2, 0.25) is 0 Å². The van der Waals surface area contributed by atoms with Crippen LogP contribution in [-0.2, 0) is 12.8 Å². The lowest BCUT2D eigenvalue weighted by Crippen LogP contribution is -2.38. The van der Waals surface area contributed by atoms with Crippen LogP contribution in [0.4, 0.5) is 10.7 Å². The molecule has 3 aromatic rings. The molecule has 34 heavy (non-hydrogen) atoms. The maximum absolute atomic E-state index is 13.1. The molecule has 7 nitrogen and oxygen atoms in total. The van der Waals surface area contributed by atoms with Crippen molar-refractivity contribution in [2.24, 2.45) is 11.3 Å². The van der Waals surface area contributed by atoms with Gasteiger partial charge in [-0.1, -0.05) is 33.3 Å². The van der Waals surface area contributed by atoms with Gasteiger partial charge in [-0.3, -0.25) is 14.9 Å². The van der Waals surface area contributed by atoms with E-state index in [4.69, 9.17) is 4.42 Å². The van der Waals surface area contributed by atoms with Crippen LogP contribution >= 0.6 is 11.3 Å². The molecule has 2 aliphatic rings. The van der Waals surface area contributed by atoms with E-state index in [1.807, 2.05) is 13.0 Å². The lowest BCUT2D eigenvalue weighted by Gasteiger charge is -2.36. The molecule has 0 saturated carbocycles. The Bertz CT molecular complexity index is 1290. The van der Waals surface area contributed by atoms with E-state index in [2.05, 4.69) is 31.4 Å². The molecular formula is C26H29N3O4S. The molecule has 2 aromatic heterocycles. The Balaban J connectivity index is 1.42. The van der Waals surface area contributed by atoms with E-state index < -0.39 is 11.1 Å². The van der Waals surface area contributed by atoms with Gasteiger partial charge in [-0.25, -0.2) is 0 Å². The topological polar surface area (TPSA) is 97.4 Å². The van der Waals surface area contributed by atoms with Crippen LogP contribution in [-0.4, -0.2) is 10.8 Å². The van der Waals surface area contributed by atoms with E-state index in [-0.39, 0.29) is 17.0 Å². The van der Waals surface area contributed by atoms with E-state index in [1.165, 1.54) is 16.5 Å². The lowest BCUT2D eigenvalue weighted by molar-refractivity contribution is -0.384. The van der Waals surface area contributed by atoms with Gasteiger partial charge in [-0.2, -0.15) is 0 Å². The molecule has 0 radical (unpaired) electrons. The number of thiophene rings is 1. The molecule has 0 spiro atoms. The summed E-state index contributed by atoms with van der Waals surface area (Å²) in [6, 6.07) is 8.53. The van der Waals surface area contributed by atoms with Gasteiger partial charge in [0, 0.05) is 10.9 Å². The number of carbonyl (C=O) groups is 1. The summed E-state index contributed by atoms with van der Waals surface area (Å²) in [5, 5.41) is 18.9. The van der Waals surface area contributed by atoms with E-state index in [1.54, 1.807) is 29.5 Å². The summed E-state index contributed by atoms with van der Waals surface area (Å²) in [6.07, 6.45) is 3.65. The molecule has 0 bridgehead atoms. The zero-order chi connectivity index (χ0) is 24.2. The number of benzene rings is 1. The fourth-order valence-electron chi connectivity index (χ4n) is 5.05. The van der Waals surface area contributed by atoms with Gasteiger partial charge < -0.3 is 15.1 Å². The Hall–Kier alpha value is -3.13. The van der Waals surface area contributed by atoms with Gasteiger partial charge in [0.05, 0.1) is 16.1 Å². The van der Waals surface area contributed by atoms with Crippen molar-refractivity contribution in [3.63, 3.8) is 0 Å². The number of fused-ring (bicyclic) bond motifs is 3. The summed E-state index contributed by atoms with van der Waals surface area (Å²) in [7, 11) is 0. The van der Waals surface area contributed by atoms with Crippen molar-refractivity contribution in [2.75, 3.05) is 5.32 Å². The Morgan fingerprint density at radius 2 is 2.03 bits per heavy atom. The van der Waals surface area contributed by atoms with Crippen LogP contribution in [0.15, 0.2) is 34.7 Å². The van der Waals surface area contributed by atoms with Crippen molar-refractivity contribution in [3.05, 3.63) is 67.8 Å². The highest BCUT2D eigenvalue weighted by molar-refractivity contribution is 7.16. The molecule has 5 rings (SSSR count). The highest BCUT2D eigenvalue weighted by Crippen LogP contribution is 2.47. The van der Waals surface area contributed by atoms with Crippen LogP contribution < -0.4 is 10.6 Å². The van der Waals surface area contributed by atoms with E-state index >= 15 is 0 Å². The molecule has 1 aliphatic heterocycles. The van der Waals surface area contributed by atoms with Crippen LogP contribution in [0.3, 0.4) is 0 Å². The Morgan fingerprint density at radius 1 is 1.24 bits per heavy atom. The molecule has 8 heteroatoms. The summed E-state index contributed by atoms with van der Waals surface area (Å²) in [5.41, 5.74) is 3.46. The minimum Gasteiger partial charge on any atom is -0.457 e. The molecule has 178 valence electrons. The maximum atomic E-state index is 13.1. The van der Waals surface area contributed by atoms with Crippen LogP contribution in [0.5, 0.6) is 0 Å². The molecule has 2 N–H and O–H groups in total. The first-order valence-corrected chi connectivity index (χ1v) is 12.6. The van der Waals surface area contributed by atoms with Crippen molar-refractivity contribution in [1.29, 1.82) is 0 Å². The zero-order valence-corrected chi connectivity index (χ0v) is 20.7. The van der Waals surface area contributed by atoms with Gasteiger partial charge >= 0.3 is 0 Å². The number of amides is 1. The zero-order valence-electron chi connectivity index (χ0n) is 19.9. The highest BCUT2D eigenvalue weighted by atomic mass is 32.1. The van der Waals surface area contributed by atoms with Crippen LogP contribution in [0.25, 0.3) is 11.3 Å². The summed E-state index contributed by atoms with van der Waals surface area (Å²) >= 11 is 1.68. The van der Waals surface area contributed by atoms with Crippen LogP contribution in [0, 0.1) is 28.4 Å². The minimum atomic E-state index is -0.527. The number of hydrogen-bond donors (Lipinski definition) is 2. The Labute approximate surface area is 202 Å². The number of nitro benzene ring substituents is 1. The number of anilines is 1. The van der Waals surface area contributed by atoms with Gasteiger partial charge in [0.1, 0.15) is 16.5 Å². The third kappa shape index (κ3) is 3.79. The van der Waals surface area contributed by atoms with Gasteiger partial charge in [0.2, 0.25) is 0 Å². The van der Waals surface area contributed by atoms with Gasteiger partial charge in [0.15, 0.2) is 6.17 Å². The predicted octanol–water partition coefficient (Wildman–Crippen LogP) is 6.62. The normalized spacial score (nSPS) is 19.7. The van der Waals surface area contributed by atoms with Crippen molar-refractivity contribution in [3.8, 4) is 11.3 Å². The monoisotopic (exact) mass is 479 g/mol. The number of carbonyl (C=O) groups excluding carboxylic acids is 1. The van der Waals surface area contributed by atoms with Crippen molar-refractivity contribution in [2.45, 2.75) is 59.5 Å². The number of nitro groups is 1. The van der Waals surface area contributed by atoms with Crippen molar-refractivity contribution in [1.82, 2.24) is 5.32 Å². The lowest BCUT2D eigenvalue weighted by atomic mass is 9.69. The van der Waals surface area contributed by atoms with Gasteiger partial charge in [-0.15, -0.1) is 11.3 Å². The molecule has 2 atom stereocenters. The Kier molecular flexibility index (Phi) is 5.51. The Morgan fingerprint density at radius 3 is 2.76 bits per heavy atom. The molecule has 1 aliphatic carbocycles. The van der Waals surface area contributed by atoms with E-state index in [0.717, 1.165) is 41.8 Å². The third-order valence-electron chi connectivity index (χ3n) is 7.59. The number of nitrogens with one attached hydrogen (secondary N) is 2. The number of aryl methyl sites for hydroxylation is 1. The first-order chi connectivity index (χ1) is 16.2. The molecule has 0 saturated heterocycles. The fourth-order valence-corrected chi connectivity index (χ4v) is 6.40. The standard InChI is InChI=1S/C26H29N3O4S/c1-5-26(3,4)15-7-9-17-21(13-15)34-25-22(17)24(30)27-23(28-25)20-11-10-19(33-20)16-8-6-14(2)12-18(16)29(31)32/h6,8,10-12,15,23,28H,5,7,9,13H2,1-4H3,(H,27,30)/t15-,23+/m1/s1. The number of hydrogen-bond acceptors (Lipinski definition) is 6. The molecule has 3 heterocycles. The molecule has 1 aromatic carbocycles. The van der Waals surface area contributed by atoms with Crippen LogP contribution in [0.1, 0.15) is 71.9 Å². The van der Waals surface area contributed by atoms with Gasteiger partial charge in [0.25, 0.3) is 11.6 Å². The van der Waals surface area contributed by atoms with Crippen molar-refractivity contribution < 1.29 is 14.1 Å². The fraction of sp³-hybridized carbons (Fsp3) is 0.423. The summed E-state index contributed by atoms with van der Waals surface area (Å²) < 4.78 is 6.00. The molecule has 0 fully saturated rings. The smallest absolute Gasteiger partial charge is 0.280 e. The largest absolute Gasteiger partial charge is 0.457 e. The predicted molar refractivity (Wildman–Crippen MR) is 133 cm³/mol. The average Bonchev–Trinajstić information content (AvgIpc) is 3.43. The summed E-state index contributed by atoms with van der Waals surface area (Å²) in [5.74, 6) is 1.43. The molecule has 0 unspecified atom stereocenters. The minimum absolute atomic E-state index is 0.000634. The second-order valence-corrected chi connectivity index (χ2v) is 11.1. The summed E-state index contributed by atoms with van der Waals surface area (Å²) in [4.78, 5) is 25.6. The summed E-state index contributed by atoms with van der Waals surface area (Å²) in [6.45, 7) is 8.74.